The number of ether oxygens (including phenoxy) is 2. The van der Waals surface area contributed by atoms with Crippen LogP contribution < -0.4 is 20.5 Å². The molecule has 0 atom stereocenters. The summed E-state index contributed by atoms with van der Waals surface area (Å²) in [6, 6.07) is 10.3. The van der Waals surface area contributed by atoms with E-state index in [-0.39, 0.29) is 5.82 Å². The Labute approximate surface area is 156 Å². The minimum absolute atomic E-state index is 0.248. The maximum Gasteiger partial charge on any atom is 0.193 e. The summed E-state index contributed by atoms with van der Waals surface area (Å²) in [6.45, 7) is 1.78. The molecule has 1 aromatic heterocycles. The van der Waals surface area contributed by atoms with Crippen LogP contribution in [0.15, 0.2) is 47.6 Å². The van der Waals surface area contributed by atoms with Gasteiger partial charge in [-0.05, 0) is 42.3 Å². The number of H-pyrrole nitrogens is 1. The molecule has 0 unspecified atom stereocenters. The zero-order valence-electron chi connectivity index (χ0n) is 14.8. The number of anilines is 1. The molecule has 0 saturated carbocycles. The molecule has 140 valence electrons. The van der Waals surface area contributed by atoms with E-state index >= 15 is 0 Å². The van der Waals surface area contributed by atoms with Gasteiger partial charge in [0.05, 0.1) is 13.2 Å². The van der Waals surface area contributed by atoms with Crippen molar-refractivity contribution in [2.45, 2.75) is 12.8 Å². The Morgan fingerprint density at radius 2 is 2.00 bits per heavy atom. The first-order chi connectivity index (χ1) is 13.2. The lowest BCUT2D eigenvalue weighted by atomic mass is 10.1. The number of aromatic amines is 1. The van der Waals surface area contributed by atoms with E-state index in [1.807, 2.05) is 24.4 Å². The summed E-state index contributed by atoms with van der Waals surface area (Å²) < 4.78 is 24.7. The number of nitrogens with one attached hydrogen (secondary N) is 2. The Morgan fingerprint density at radius 1 is 1.15 bits per heavy atom. The van der Waals surface area contributed by atoms with Gasteiger partial charge in [-0.15, -0.1) is 0 Å². The molecule has 27 heavy (non-hydrogen) atoms. The third kappa shape index (κ3) is 3.97. The molecular weight excluding hydrogens is 347 g/mol. The molecule has 0 saturated heterocycles. The number of guanidine groups is 1. The molecule has 0 fully saturated rings. The van der Waals surface area contributed by atoms with Crippen LogP contribution in [0.25, 0.3) is 10.9 Å². The Kier molecular flexibility index (Phi) is 4.82. The number of rotatable bonds is 4. The molecule has 2 aromatic carbocycles. The summed E-state index contributed by atoms with van der Waals surface area (Å²) in [4.78, 5) is 7.50. The first-order valence-electron chi connectivity index (χ1n) is 8.91. The van der Waals surface area contributed by atoms with Gasteiger partial charge in [-0.3, -0.25) is 4.99 Å². The van der Waals surface area contributed by atoms with Gasteiger partial charge in [0.1, 0.15) is 5.82 Å². The number of hydrogen-bond donors (Lipinski definition) is 3. The van der Waals surface area contributed by atoms with Crippen molar-refractivity contribution < 1.29 is 13.9 Å². The van der Waals surface area contributed by atoms with Crippen LogP contribution >= 0.6 is 0 Å². The van der Waals surface area contributed by atoms with E-state index in [9.17, 15) is 4.39 Å². The van der Waals surface area contributed by atoms with E-state index < -0.39 is 0 Å². The number of halogens is 1. The third-order valence-electron chi connectivity index (χ3n) is 4.41. The van der Waals surface area contributed by atoms with E-state index in [2.05, 4.69) is 15.3 Å². The number of nitrogens with zero attached hydrogens (tertiary/aromatic N) is 1. The summed E-state index contributed by atoms with van der Waals surface area (Å²) in [6.07, 6.45) is 3.40. The number of benzene rings is 2. The minimum Gasteiger partial charge on any atom is -0.490 e. The second-order valence-electron chi connectivity index (χ2n) is 6.36. The minimum atomic E-state index is -0.248. The van der Waals surface area contributed by atoms with Crippen molar-refractivity contribution in [1.29, 1.82) is 0 Å². The smallest absolute Gasteiger partial charge is 0.193 e. The number of nitrogens with two attached hydrogens (primary N) is 1. The summed E-state index contributed by atoms with van der Waals surface area (Å²) in [5.41, 5.74) is 8.70. The molecule has 1 aliphatic rings. The van der Waals surface area contributed by atoms with Crippen molar-refractivity contribution in [2.75, 3.05) is 25.1 Å². The second kappa shape index (κ2) is 7.57. The standard InChI is InChI=1S/C20H21FN4O2/c21-14-2-4-17-16(10-14)13(12-24-17)6-7-23-20(22)25-15-3-5-18-19(11-15)27-9-1-8-26-18/h2-5,10-12,24H,1,6-9H2,(H3,22,23,25). The van der Waals surface area contributed by atoms with E-state index in [0.29, 0.717) is 37.9 Å². The Morgan fingerprint density at radius 3 is 2.89 bits per heavy atom. The van der Waals surface area contributed by atoms with Gasteiger partial charge < -0.3 is 25.5 Å². The average molecular weight is 368 g/mol. The summed E-state index contributed by atoms with van der Waals surface area (Å²) in [5.74, 6) is 1.50. The monoisotopic (exact) mass is 368 g/mol. The second-order valence-corrected chi connectivity index (χ2v) is 6.36. The Balaban J connectivity index is 1.39. The van der Waals surface area contributed by atoms with Crippen LogP contribution in [0.3, 0.4) is 0 Å². The SMILES string of the molecule is NC(=NCCc1c[nH]c2ccc(F)cc12)Nc1ccc2c(c1)OCCCO2. The van der Waals surface area contributed by atoms with Crippen LogP contribution in [-0.2, 0) is 6.42 Å². The van der Waals surface area contributed by atoms with Gasteiger partial charge in [0.25, 0.3) is 0 Å². The van der Waals surface area contributed by atoms with E-state index in [0.717, 1.165) is 34.3 Å². The quantitative estimate of drug-likeness (QED) is 0.486. The molecule has 4 rings (SSSR count). The van der Waals surface area contributed by atoms with Gasteiger partial charge in [0, 0.05) is 41.8 Å². The van der Waals surface area contributed by atoms with Gasteiger partial charge in [0.15, 0.2) is 17.5 Å². The molecule has 7 heteroatoms. The van der Waals surface area contributed by atoms with Crippen molar-refractivity contribution in [3.05, 3.63) is 54.0 Å². The molecule has 1 aliphatic heterocycles. The molecule has 6 nitrogen and oxygen atoms in total. The molecule has 4 N–H and O–H groups in total. The van der Waals surface area contributed by atoms with Gasteiger partial charge in [-0.2, -0.15) is 0 Å². The van der Waals surface area contributed by atoms with Gasteiger partial charge in [-0.25, -0.2) is 4.39 Å². The topological polar surface area (TPSA) is 84.7 Å². The van der Waals surface area contributed by atoms with Crippen molar-refractivity contribution in [3.8, 4) is 11.5 Å². The summed E-state index contributed by atoms with van der Waals surface area (Å²) in [7, 11) is 0. The summed E-state index contributed by atoms with van der Waals surface area (Å²) >= 11 is 0. The van der Waals surface area contributed by atoms with Gasteiger partial charge >= 0.3 is 0 Å². The highest BCUT2D eigenvalue weighted by atomic mass is 19.1. The number of hydrogen-bond acceptors (Lipinski definition) is 3. The summed E-state index contributed by atoms with van der Waals surface area (Å²) in [5, 5.41) is 3.94. The highest BCUT2D eigenvalue weighted by Gasteiger charge is 2.11. The molecule has 3 aromatic rings. The fourth-order valence-corrected chi connectivity index (χ4v) is 3.08. The third-order valence-corrected chi connectivity index (χ3v) is 4.41. The van der Waals surface area contributed by atoms with Crippen molar-refractivity contribution in [2.24, 2.45) is 10.7 Å². The Hall–Kier alpha value is -3.22. The molecule has 0 radical (unpaired) electrons. The number of fused-ring (bicyclic) bond motifs is 2. The van der Waals surface area contributed by atoms with Crippen LogP contribution in [0.4, 0.5) is 10.1 Å². The maximum atomic E-state index is 13.4. The normalized spacial score (nSPS) is 14.2. The fourth-order valence-electron chi connectivity index (χ4n) is 3.08. The van der Waals surface area contributed by atoms with Crippen LogP contribution in [0.1, 0.15) is 12.0 Å². The van der Waals surface area contributed by atoms with Gasteiger partial charge in [0.2, 0.25) is 0 Å². The number of aromatic nitrogens is 1. The zero-order valence-corrected chi connectivity index (χ0v) is 14.8. The maximum absolute atomic E-state index is 13.4. The lowest BCUT2D eigenvalue weighted by Crippen LogP contribution is -2.23. The average Bonchev–Trinajstić information content (AvgIpc) is 2.90. The molecule has 2 heterocycles. The van der Waals surface area contributed by atoms with Crippen LogP contribution in [0, 0.1) is 5.82 Å². The first kappa shape index (κ1) is 17.2. The molecule has 0 spiro atoms. The number of aliphatic imine (C=N–C) groups is 1. The molecular formula is C20H21FN4O2. The van der Waals surface area contributed by atoms with E-state index in [1.165, 1.54) is 12.1 Å². The largest absolute Gasteiger partial charge is 0.490 e. The first-order valence-corrected chi connectivity index (χ1v) is 8.91. The van der Waals surface area contributed by atoms with Crippen molar-refractivity contribution in [3.63, 3.8) is 0 Å². The van der Waals surface area contributed by atoms with E-state index in [1.54, 1.807) is 6.07 Å². The molecule has 0 aliphatic carbocycles. The van der Waals surface area contributed by atoms with Crippen LogP contribution in [0.2, 0.25) is 0 Å². The molecule has 0 amide bonds. The fraction of sp³-hybridized carbons (Fsp3) is 0.250. The van der Waals surface area contributed by atoms with Crippen LogP contribution in [0.5, 0.6) is 11.5 Å². The van der Waals surface area contributed by atoms with Gasteiger partial charge in [-0.1, -0.05) is 0 Å². The highest BCUT2D eigenvalue weighted by molar-refractivity contribution is 5.92. The van der Waals surface area contributed by atoms with E-state index in [4.69, 9.17) is 15.2 Å². The lowest BCUT2D eigenvalue weighted by molar-refractivity contribution is 0.297. The zero-order chi connectivity index (χ0) is 18.6. The van der Waals surface area contributed by atoms with Crippen LogP contribution in [-0.4, -0.2) is 30.7 Å². The highest BCUT2D eigenvalue weighted by Crippen LogP contribution is 2.32. The predicted octanol–water partition coefficient (Wildman–Crippen LogP) is 3.44. The molecule has 0 bridgehead atoms. The lowest BCUT2D eigenvalue weighted by Gasteiger charge is -2.10. The van der Waals surface area contributed by atoms with Crippen molar-refractivity contribution >= 4 is 22.5 Å². The van der Waals surface area contributed by atoms with Crippen molar-refractivity contribution in [1.82, 2.24) is 4.98 Å². The Bertz CT molecular complexity index is 983. The predicted molar refractivity (Wildman–Crippen MR) is 104 cm³/mol.